The van der Waals surface area contributed by atoms with E-state index in [-0.39, 0.29) is 139 Å². The highest BCUT2D eigenvalue weighted by Gasteiger charge is 2.28. The molecule has 41 heteroatoms. The van der Waals surface area contributed by atoms with E-state index < -0.39 is 47.0 Å². The zero-order chi connectivity index (χ0) is 90.4. The Morgan fingerprint density at radius 2 is 0.960 bits per heavy atom. The first-order valence-corrected chi connectivity index (χ1v) is 41.4. The average molecular weight is 1750 g/mol. The summed E-state index contributed by atoms with van der Waals surface area (Å²) in [7, 11) is 9.67. The predicted molar refractivity (Wildman–Crippen MR) is 461 cm³/mol. The van der Waals surface area contributed by atoms with Crippen LogP contribution in [-0.4, -0.2) is 268 Å². The summed E-state index contributed by atoms with van der Waals surface area (Å²) in [6, 6.07) is 12.7. The Kier molecular flexibility index (Phi) is 35.9. The fraction of sp³-hybridized carbons (Fsp3) is 0.471. The van der Waals surface area contributed by atoms with Gasteiger partial charge in [0.05, 0.1) is 123 Å². The first-order chi connectivity index (χ1) is 60.5. The van der Waals surface area contributed by atoms with Crippen molar-refractivity contribution in [3.05, 3.63) is 159 Å². The van der Waals surface area contributed by atoms with E-state index in [9.17, 15) is 57.4 Å². The number of hydrogen-bond acceptors (Lipinski definition) is 24. The van der Waals surface area contributed by atoms with Gasteiger partial charge in [-0.15, -0.1) is 0 Å². The zero-order valence-corrected chi connectivity index (χ0v) is 72.6. The highest BCUT2D eigenvalue weighted by atomic mass is 19.1. The molecule has 7 aromatic heterocycles. The van der Waals surface area contributed by atoms with E-state index in [1.165, 1.54) is 71.9 Å². The highest BCUT2D eigenvalue weighted by molar-refractivity contribution is 6.06. The number of ether oxygens (including phenoxy) is 9. The quantitative estimate of drug-likeness (QED) is 0.0234. The molecule has 680 valence electrons. The van der Waals surface area contributed by atoms with E-state index in [2.05, 4.69) is 72.7 Å². The summed E-state index contributed by atoms with van der Waals surface area (Å²) in [5.74, 6) is -3.47. The molecule has 10 rings (SSSR count). The summed E-state index contributed by atoms with van der Waals surface area (Å²) in [6.07, 6.45) is 12.0. The maximum absolute atomic E-state index is 14.3. The normalized spacial score (nSPS) is 12.5. The lowest BCUT2D eigenvalue weighted by Gasteiger charge is -2.32. The van der Waals surface area contributed by atoms with Gasteiger partial charge in [-0.3, -0.25) is 47.9 Å². The Hall–Kier alpha value is -12.3. The molecule has 9 amide bonds. The third-order valence-electron chi connectivity index (χ3n) is 20.1. The van der Waals surface area contributed by atoms with E-state index in [0.29, 0.717) is 149 Å². The second kappa shape index (κ2) is 47.1. The van der Waals surface area contributed by atoms with Crippen LogP contribution in [0.5, 0.6) is 11.5 Å². The molecular formula is C85H113FN20O20. The second-order valence-electron chi connectivity index (χ2n) is 30.5. The third-order valence-corrected chi connectivity index (χ3v) is 20.1. The van der Waals surface area contributed by atoms with Crippen LogP contribution in [0.3, 0.4) is 0 Å². The molecule has 0 unspecified atom stereocenters. The zero-order valence-electron chi connectivity index (χ0n) is 72.6. The Labute approximate surface area is 726 Å². The smallest absolute Gasteiger partial charge is 0.291 e. The predicted octanol–water partition coefficient (Wildman–Crippen LogP) is 4.47. The highest BCUT2D eigenvalue weighted by Crippen LogP contribution is 2.41. The average Bonchev–Trinajstić information content (AvgIpc) is 1.57. The Morgan fingerprint density at radius 3 is 1.45 bits per heavy atom. The van der Waals surface area contributed by atoms with Crippen LogP contribution < -0.4 is 58.1 Å². The number of rotatable bonds is 51. The van der Waals surface area contributed by atoms with Gasteiger partial charge in [-0.05, 0) is 99.7 Å². The van der Waals surface area contributed by atoms with Crippen LogP contribution in [0.25, 0.3) is 22.0 Å². The SMILES string of the molecule is Cc1cc(F)cc(C)c1Oc1ccc(C(C)(C)O)cc1-c1cn(C)c(=O)c2[nH]c(C(=O)NC3CCN(CCOCCOCCOCCOCCOCCOCCOCCOCCNC(=O)CCNC(=O)c4nc(NC(=O)CCNC(=O)c5cc(NC(=O)c6nc(NC(=O)CCNC(=O)c7cc(NC(=O)c8nccn8C)cn7C)cn6C)cn5C)cn4C)CC3)cc12. The first kappa shape index (κ1) is 95.9. The minimum absolute atomic E-state index is 0.0109. The van der Waals surface area contributed by atoms with Crippen molar-refractivity contribution < 1.29 is 95.3 Å². The number of fused-ring (bicyclic) bond motifs is 1. The molecule has 0 atom stereocenters. The Bertz CT molecular complexity index is 5270. The number of halogens is 1. The van der Waals surface area contributed by atoms with Gasteiger partial charge < -0.3 is 133 Å². The van der Waals surface area contributed by atoms with Gasteiger partial charge in [-0.1, -0.05) is 6.07 Å². The molecule has 0 spiro atoms. The maximum Gasteiger partial charge on any atom is 0.291 e. The standard InChI is InChI=1S/C85H113FN20O20/c1-54-43-57(86)44-55(2)74(54)126-67-12-11-56(85(3,4)117)45-61(67)63-51-105(10)84(116)73-62(63)48-64(95-73)78(110)92-58-16-23-106(24-17-58)26-28-119-30-32-121-34-36-123-38-40-125-42-41-124-39-37-122-35-33-120-31-29-118-27-22-87-70(107)13-18-91-81(113)76-98-68(52-103(76)8)96-71(108)14-19-90-80(112)66-47-60(50-102(66)7)94-83(115)77-99-69(53-104(77)9)97-72(109)15-20-89-79(111)65-46-59(49-101(65)6)93-82(114)75-88-21-25-100(75)5/h11-12,21,25,43-53,58,95,117H,13-20,22-24,26-42H2,1-10H3,(H,87,107)(H,89,111)(H,90,112)(H,91,113)(H,92,110)(H,93,114)(H,94,115)(H,96,108)(H,97,109). The number of nitrogens with one attached hydrogen (secondary N) is 10. The first-order valence-electron chi connectivity index (χ1n) is 41.4. The number of pyridine rings is 1. The summed E-state index contributed by atoms with van der Waals surface area (Å²) in [5.41, 5.74) is 3.01. The lowest BCUT2D eigenvalue weighted by molar-refractivity contribution is -0.121. The molecule has 1 aliphatic rings. The number of hydrogen-bond donors (Lipinski definition) is 11. The van der Waals surface area contributed by atoms with Crippen molar-refractivity contribution in [1.29, 1.82) is 0 Å². The van der Waals surface area contributed by atoms with Crippen molar-refractivity contribution in [2.45, 2.75) is 71.4 Å². The van der Waals surface area contributed by atoms with Crippen molar-refractivity contribution in [1.82, 2.24) is 78.8 Å². The molecule has 40 nitrogen and oxygen atoms in total. The van der Waals surface area contributed by atoms with Crippen molar-refractivity contribution in [3.63, 3.8) is 0 Å². The molecule has 126 heavy (non-hydrogen) atoms. The summed E-state index contributed by atoms with van der Waals surface area (Å²) in [5, 5.41) is 36.0. The number of amides is 9. The van der Waals surface area contributed by atoms with Gasteiger partial charge >= 0.3 is 0 Å². The van der Waals surface area contributed by atoms with Crippen LogP contribution in [0.4, 0.5) is 27.4 Å². The summed E-state index contributed by atoms with van der Waals surface area (Å²) in [6.45, 7) is 15.7. The molecule has 11 N–H and O–H groups in total. The number of aryl methyl sites for hydroxylation is 8. The van der Waals surface area contributed by atoms with E-state index in [1.807, 2.05) is 6.07 Å². The lowest BCUT2D eigenvalue weighted by atomic mass is 9.93. The number of nitrogens with zero attached hydrogens (tertiary/aromatic N) is 10. The molecule has 1 aliphatic heterocycles. The van der Waals surface area contributed by atoms with Gasteiger partial charge in [0.15, 0.2) is 17.5 Å². The summed E-state index contributed by atoms with van der Waals surface area (Å²) >= 11 is 0. The third kappa shape index (κ3) is 28.6. The number of benzene rings is 2. The van der Waals surface area contributed by atoms with Gasteiger partial charge in [0.25, 0.3) is 41.0 Å². The largest absolute Gasteiger partial charge is 0.456 e. The maximum atomic E-state index is 14.3. The van der Waals surface area contributed by atoms with E-state index in [0.717, 1.165) is 32.5 Å². The van der Waals surface area contributed by atoms with Gasteiger partial charge in [0.2, 0.25) is 29.4 Å². The summed E-state index contributed by atoms with van der Waals surface area (Å²) < 4.78 is 74.4. The second-order valence-corrected chi connectivity index (χ2v) is 30.5. The molecule has 0 aliphatic carbocycles. The van der Waals surface area contributed by atoms with Gasteiger partial charge in [0.1, 0.15) is 39.9 Å². The van der Waals surface area contributed by atoms with Crippen molar-refractivity contribution in [2.75, 3.05) is 173 Å². The van der Waals surface area contributed by atoms with Crippen molar-refractivity contribution in [2.24, 2.45) is 42.3 Å². The number of aliphatic hydroxyl groups is 1. The van der Waals surface area contributed by atoms with Gasteiger partial charge in [-0.2, -0.15) is 0 Å². The minimum atomic E-state index is -1.21. The molecule has 9 aromatic rings. The molecule has 2 aromatic carbocycles. The van der Waals surface area contributed by atoms with Crippen LogP contribution in [0.15, 0.2) is 96.7 Å². The Morgan fingerprint density at radius 1 is 0.492 bits per heavy atom. The summed E-state index contributed by atoms with van der Waals surface area (Å²) in [4.78, 5) is 148. The van der Waals surface area contributed by atoms with E-state index in [4.69, 9.17) is 42.6 Å². The fourth-order valence-electron chi connectivity index (χ4n) is 13.5. The topological polar surface area (TPSA) is 470 Å². The Balaban J connectivity index is 0.471. The molecule has 1 saturated heterocycles. The number of anilines is 4. The molecule has 0 saturated carbocycles. The van der Waals surface area contributed by atoms with Crippen LogP contribution in [0.1, 0.15) is 126 Å². The number of aromatic amines is 1. The lowest BCUT2D eigenvalue weighted by Crippen LogP contribution is -2.45. The van der Waals surface area contributed by atoms with Gasteiger partial charge in [-0.25, -0.2) is 19.3 Å². The van der Waals surface area contributed by atoms with Gasteiger partial charge in [0, 0.05) is 173 Å². The molecule has 8 heterocycles. The number of carbonyl (C=O) groups excluding carboxylic acids is 9. The number of carbonyl (C=O) groups is 9. The number of piperidine rings is 1. The van der Waals surface area contributed by atoms with Crippen molar-refractivity contribution in [3.8, 4) is 22.6 Å². The van der Waals surface area contributed by atoms with Crippen LogP contribution in [-0.2, 0) is 100 Å². The van der Waals surface area contributed by atoms with Crippen LogP contribution in [0.2, 0.25) is 0 Å². The van der Waals surface area contributed by atoms with Crippen LogP contribution in [0, 0.1) is 19.7 Å². The molecule has 0 bridgehead atoms. The van der Waals surface area contributed by atoms with E-state index >= 15 is 0 Å². The fourth-order valence-corrected chi connectivity index (χ4v) is 13.5. The van der Waals surface area contributed by atoms with Crippen molar-refractivity contribution >= 4 is 87.1 Å². The number of H-pyrrole nitrogens is 1. The molecule has 1 fully saturated rings. The monoisotopic (exact) mass is 1750 g/mol. The number of likely N-dealkylation sites (tertiary alicyclic amines) is 1. The molecular weight excluding hydrogens is 1640 g/mol. The minimum Gasteiger partial charge on any atom is -0.456 e. The van der Waals surface area contributed by atoms with Crippen LogP contribution >= 0.6 is 0 Å². The number of imidazole rings is 3. The number of aromatic nitrogens is 10. The molecule has 0 radical (unpaired) electrons. The van der Waals surface area contributed by atoms with E-state index in [1.54, 1.807) is 111 Å².